The van der Waals surface area contributed by atoms with Crippen molar-refractivity contribution in [3.63, 3.8) is 0 Å². The summed E-state index contributed by atoms with van der Waals surface area (Å²) in [6.07, 6.45) is 1.73. The molecule has 3 heteroatoms. The van der Waals surface area contributed by atoms with Crippen LogP contribution in [0.15, 0.2) is 54.6 Å². The van der Waals surface area contributed by atoms with Crippen LogP contribution < -0.4 is 4.74 Å². The third-order valence-electron chi connectivity index (χ3n) is 3.51. The molecule has 0 aliphatic heterocycles. The molecule has 0 bridgehead atoms. The van der Waals surface area contributed by atoms with E-state index in [1.807, 2.05) is 44.2 Å². The Bertz CT molecular complexity index is 531. The molecule has 0 atom stereocenters. The zero-order chi connectivity index (χ0) is 16.3. The average molecular weight is 314 g/mol. The number of ether oxygens (including phenoxy) is 3. The standard InChI is InChI=1S/C20H26O3/c1-3-21-20(22-4-2)18-14-12-17(13-15-18)9-8-16-23-19-10-6-5-7-11-19/h5-7,10-15,20H,3-4,8-9,16H2,1-2H3. The van der Waals surface area contributed by atoms with E-state index in [1.54, 1.807) is 0 Å². The Morgan fingerprint density at radius 2 is 1.48 bits per heavy atom. The third-order valence-corrected chi connectivity index (χ3v) is 3.51. The molecule has 2 aromatic carbocycles. The molecule has 0 aliphatic carbocycles. The predicted molar refractivity (Wildman–Crippen MR) is 92.7 cm³/mol. The molecule has 0 fully saturated rings. The number of para-hydroxylation sites is 1. The molecule has 0 amide bonds. The van der Waals surface area contributed by atoms with E-state index in [0.29, 0.717) is 13.2 Å². The number of rotatable bonds is 10. The van der Waals surface area contributed by atoms with Crippen molar-refractivity contribution in [1.82, 2.24) is 0 Å². The quantitative estimate of drug-likeness (QED) is 0.467. The highest BCUT2D eigenvalue weighted by molar-refractivity contribution is 5.24. The van der Waals surface area contributed by atoms with Crippen molar-refractivity contribution in [3.8, 4) is 5.75 Å². The van der Waals surface area contributed by atoms with E-state index in [9.17, 15) is 0 Å². The van der Waals surface area contributed by atoms with Crippen LogP contribution in [0, 0.1) is 0 Å². The first-order valence-electron chi connectivity index (χ1n) is 8.33. The van der Waals surface area contributed by atoms with Crippen molar-refractivity contribution in [2.24, 2.45) is 0 Å². The maximum atomic E-state index is 5.71. The molecule has 3 nitrogen and oxygen atoms in total. The van der Waals surface area contributed by atoms with E-state index < -0.39 is 0 Å². The lowest BCUT2D eigenvalue weighted by molar-refractivity contribution is -0.140. The van der Waals surface area contributed by atoms with Crippen LogP contribution in [0.4, 0.5) is 0 Å². The molecule has 0 unspecified atom stereocenters. The Balaban J connectivity index is 1.78. The summed E-state index contributed by atoms with van der Waals surface area (Å²) < 4.78 is 16.9. The Morgan fingerprint density at radius 1 is 0.826 bits per heavy atom. The monoisotopic (exact) mass is 314 g/mol. The van der Waals surface area contributed by atoms with Gasteiger partial charge in [-0.05, 0) is 44.4 Å². The second-order valence-electron chi connectivity index (χ2n) is 5.25. The Morgan fingerprint density at radius 3 is 2.09 bits per heavy atom. The minimum absolute atomic E-state index is 0.263. The van der Waals surface area contributed by atoms with Crippen molar-refractivity contribution >= 4 is 0 Å². The minimum atomic E-state index is -0.263. The zero-order valence-corrected chi connectivity index (χ0v) is 14.0. The van der Waals surface area contributed by atoms with Crippen molar-refractivity contribution in [2.45, 2.75) is 33.0 Å². The van der Waals surface area contributed by atoms with Crippen LogP contribution in [0.1, 0.15) is 37.7 Å². The maximum absolute atomic E-state index is 5.71. The summed E-state index contributed by atoms with van der Waals surface area (Å²) in [7, 11) is 0. The number of benzene rings is 2. The summed E-state index contributed by atoms with van der Waals surface area (Å²) in [5.41, 5.74) is 2.37. The molecule has 0 spiro atoms. The van der Waals surface area contributed by atoms with Gasteiger partial charge >= 0.3 is 0 Å². The van der Waals surface area contributed by atoms with Gasteiger partial charge in [-0.2, -0.15) is 0 Å². The molecular weight excluding hydrogens is 288 g/mol. The largest absolute Gasteiger partial charge is 0.494 e. The van der Waals surface area contributed by atoms with Gasteiger partial charge < -0.3 is 14.2 Å². The SMILES string of the molecule is CCOC(OCC)c1ccc(CCCOc2ccccc2)cc1. The summed E-state index contributed by atoms with van der Waals surface area (Å²) in [5.74, 6) is 0.930. The fraction of sp³-hybridized carbons (Fsp3) is 0.400. The summed E-state index contributed by atoms with van der Waals surface area (Å²) in [6.45, 7) is 5.97. The van der Waals surface area contributed by atoms with E-state index in [0.717, 1.165) is 30.8 Å². The molecule has 0 saturated heterocycles. The van der Waals surface area contributed by atoms with Crippen LogP contribution in [0.25, 0.3) is 0 Å². The van der Waals surface area contributed by atoms with Gasteiger partial charge in [0.25, 0.3) is 0 Å². The second-order valence-corrected chi connectivity index (χ2v) is 5.25. The van der Waals surface area contributed by atoms with Crippen LogP contribution >= 0.6 is 0 Å². The molecule has 0 aromatic heterocycles. The first-order valence-corrected chi connectivity index (χ1v) is 8.33. The van der Waals surface area contributed by atoms with Crippen molar-refractivity contribution < 1.29 is 14.2 Å². The lowest BCUT2D eigenvalue weighted by Gasteiger charge is -2.17. The molecule has 2 aromatic rings. The smallest absolute Gasteiger partial charge is 0.183 e. The molecule has 0 aliphatic rings. The van der Waals surface area contributed by atoms with Crippen LogP contribution in [0.3, 0.4) is 0 Å². The predicted octanol–water partition coefficient (Wildman–Crippen LogP) is 4.77. The van der Waals surface area contributed by atoms with Gasteiger partial charge in [0.05, 0.1) is 6.61 Å². The first-order chi connectivity index (χ1) is 11.3. The fourth-order valence-corrected chi connectivity index (χ4v) is 2.37. The van der Waals surface area contributed by atoms with Crippen LogP contribution in [0.2, 0.25) is 0 Å². The molecule has 0 saturated carbocycles. The van der Waals surface area contributed by atoms with Crippen molar-refractivity contribution in [1.29, 1.82) is 0 Å². The molecule has 0 radical (unpaired) electrons. The highest BCUT2D eigenvalue weighted by Gasteiger charge is 2.10. The van der Waals surface area contributed by atoms with Crippen molar-refractivity contribution in [3.05, 3.63) is 65.7 Å². The number of aryl methyl sites for hydroxylation is 1. The van der Waals surface area contributed by atoms with Gasteiger partial charge in [-0.25, -0.2) is 0 Å². The lowest BCUT2D eigenvalue weighted by Crippen LogP contribution is -2.08. The van der Waals surface area contributed by atoms with E-state index >= 15 is 0 Å². The van der Waals surface area contributed by atoms with Gasteiger partial charge in [0.15, 0.2) is 6.29 Å². The van der Waals surface area contributed by atoms with E-state index in [4.69, 9.17) is 14.2 Å². The number of hydrogen-bond donors (Lipinski definition) is 0. The highest BCUT2D eigenvalue weighted by atomic mass is 16.7. The normalized spacial score (nSPS) is 10.9. The first kappa shape index (κ1) is 17.5. The van der Waals surface area contributed by atoms with E-state index in [2.05, 4.69) is 24.3 Å². The molecule has 0 heterocycles. The summed E-state index contributed by atoms with van der Waals surface area (Å²) >= 11 is 0. The van der Waals surface area contributed by atoms with Crippen LogP contribution in [0.5, 0.6) is 5.75 Å². The topological polar surface area (TPSA) is 27.7 Å². The van der Waals surface area contributed by atoms with Gasteiger partial charge in [0, 0.05) is 18.8 Å². The maximum Gasteiger partial charge on any atom is 0.183 e. The summed E-state index contributed by atoms with van der Waals surface area (Å²) in [4.78, 5) is 0. The fourth-order valence-electron chi connectivity index (χ4n) is 2.37. The Labute approximate surface area is 139 Å². The summed E-state index contributed by atoms with van der Waals surface area (Å²) in [6, 6.07) is 18.4. The van der Waals surface area contributed by atoms with Crippen molar-refractivity contribution in [2.75, 3.05) is 19.8 Å². The van der Waals surface area contributed by atoms with E-state index in [-0.39, 0.29) is 6.29 Å². The van der Waals surface area contributed by atoms with Crippen LogP contribution in [-0.2, 0) is 15.9 Å². The Hall–Kier alpha value is -1.84. The van der Waals surface area contributed by atoms with Gasteiger partial charge in [-0.15, -0.1) is 0 Å². The highest BCUT2D eigenvalue weighted by Crippen LogP contribution is 2.20. The van der Waals surface area contributed by atoms with E-state index in [1.165, 1.54) is 5.56 Å². The minimum Gasteiger partial charge on any atom is -0.494 e. The molecular formula is C20H26O3. The average Bonchev–Trinajstić information content (AvgIpc) is 2.60. The Kier molecular flexibility index (Phi) is 7.64. The van der Waals surface area contributed by atoms with Gasteiger partial charge in [0.2, 0.25) is 0 Å². The van der Waals surface area contributed by atoms with Gasteiger partial charge in [0.1, 0.15) is 5.75 Å². The molecule has 2 rings (SSSR count). The van der Waals surface area contributed by atoms with Gasteiger partial charge in [-0.1, -0.05) is 42.5 Å². The molecule has 23 heavy (non-hydrogen) atoms. The lowest BCUT2D eigenvalue weighted by atomic mass is 10.1. The third kappa shape index (κ3) is 6.05. The number of hydrogen-bond acceptors (Lipinski definition) is 3. The molecule has 124 valence electrons. The summed E-state index contributed by atoms with van der Waals surface area (Å²) in [5, 5.41) is 0. The second kappa shape index (κ2) is 10.0. The van der Waals surface area contributed by atoms with Crippen LogP contribution in [-0.4, -0.2) is 19.8 Å². The molecule has 0 N–H and O–H groups in total. The zero-order valence-electron chi connectivity index (χ0n) is 14.0. The van der Waals surface area contributed by atoms with Gasteiger partial charge in [-0.3, -0.25) is 0 Å².